The summed E-state index contributed by atoms with van der Waals surface area (Å²) in [7, 11) is 0. The molecule has 1 spiro atoms. The second-order valence-corrected chi connectivity index (χ2v) is 8.54. The van der Waals surface area contributed by atoms with Crippen LogP contribution in [-0.4, -0.2) is 48.6 Å². The first-order valence-corrected chi connectivity index (χ1v) is 10.7. The molecule has 0 bridgehead atoms. The molecule has 2 saturated heterocycles. The number of hydrogen-bond acceptors (Lipinski definition) is 2. The van der Waals surface area contributed by atoms with Gasteiger partial charge in [0.25, 0.3) is 0 Å². The number of benzene rings is 1. The number of hydrogen-bond donors (Lipinski definition) is 1. The SMILES string of the molecule is C=CCCCN1CCC2(CC1)C[C@H](NC(=O)N1CCCC1)c1ccccc12. The fourth-order valence-corrected chi connectivity index (χ4v) is 5.32. The van der Waals surface area contributed by atoms with Crippen molar-refractivity contribution in [1.82, 2.24) is 15.1 Å². The average Bonchev–Trinajstić information content (AvgIpc) is 3.32. The van der Waals surface area contributed by atoms with Gasteiger partial charge in [-0.1, -0.05) is 30.3 Å². The minimum Gasteiger partial charge on any atom is -0.331 e. The molecule has 0 radical (unpaired) electrons. The largest absolute Gasteiger partial charge is 0.331 e. The van der Waals surface area contributed by atoms with Crippen molar-refractivity contribution in [2.24, 2.45) is 0 Å². The van der Waals surface area contributed by atoms with Crippen molar-refractivity contribution in [2.45, 2.75) is 56.4 Å². The lowest BCUT2D eigenvalue weighted by molar-refractivity contribution is 0.150. The number of urea groups is 1. The Hall–Kier alpha value is -1.81. The summed E-state index contributed by atoms with van der Waals surface area (Å²) in [5.41, 5.74) is 3.08. The number of amides is 2. The van der Waals surface area contributed by atoms with Gasteiger partial charge in [0.2, 0.25) is 0 Å². The Morgan fingerprint density at radius 1 is 1.19 bits per heavy atom. The van der Waals surface area contributed by atoms with Crippen LogP contribution >= 0.6 is 0 Å². The number of piperidine rings is 1. The summed E-state index contributed by atoms with van der Waals surface area (Å²) in [6, 6.07) is 9.13. The lowest BCUT2D eigenvalue weighted by atomic mass is 9.73. The molecule has 0 aromatic heterocycles. The topological polar surface area (TPSA) is 35.6 Å². The minimum atomic E-state index is 0.131. The Balaban J connectivity index is 1.44. The summed E-state index contributed by atoms with van der Waals surface area (Å²) in [4.78, 5) is 17.3. The number of nitrogens with zero attached hydrogens (tertiary/aromatic N) is 2. The van der Waals surface area contributed by atoms with Crippen LogP contribution < -0.4 is 5.32 Å². The van der Waals surface area contributed by atoms with E-state index in [2.05, 4.69) is 41.1 Å². The molecular formula is C23H33N3O. The highest BCUT2D eigenvalue weighted by Gasteiger charge is 2.45. The van der Waals surface area contributed by atoms with E-state index in [1.807, 2.05) is 11.0 Å². The predicted octanol–water partition coefficient (Wildman–Crippen LogP) is 4.24. The van der Waals surface area contributed by atoms with Crippen molar-refractivity contribution < 1.29 is 4.79 Å². The molecule has 4 nitrogen and oxygen atoms in total. The van der Waals surface area contributed by atoms with Gasteiger partial charge in [-0.15, -0.1) is 6.58 Å². The molecule has 1 aromatic rings. The molecule has 146 valence electrons. The molecule has 2 heterocycles. The van der Waals surface area contributed by atoms with Gasteiger partial charge in [-0.05, 0) is 75.7 Å². The molecule has 4 heteroatoms. The van der Waals surface area contributed by atoms with Gasteiger partial charge in [0, 0.05) is 18.5 Å². The second-order valence-electron chi connectivity index (χ2n) is 8.54. The zero-order chi connectivity index (χ0) is 18.7. The third-order valence-electron chi connectivity index (χ3n) is 6.89. The molecule has 0 saturated carbocycles. The molecular weight excluding hydrogens is 334 g/mol. The normalized spacial score (nSPS) is 24.1. The first-order valence-electron chi connectivity index (χ1n) is 10.7. The highest BCUT2D eigenvalue weighted by atomic mass is 16.2. The van der Waals surface area contributed by atoms with Gasteiger partial charge in [0.15, 0.2) is 0 Å². The molecule has 2 amide bonds. The van der Waals surface area contributed by atoms with Crippen LogP contribution in [0.5, 0.6) is 0 Å². The number of carbonyl (C=O) groups is 1. The zero-order valence-corrected chi connectivity index (χ0v) is 16.5. The smallest absolute Gasteiger partial charge is 0.317 e. The molecule has 3 aliphatic rings. The van der Waals surface area contributed by atoms with Gasteiger partial charge < -0.3 is 15.1 Å². The molecule has 4 rings (SSSR count). The van der Waals surface area contributed by atoms with Crippen LogP contribution in [0.2, 0.25) is 0 Å². The highest BCUT2D eigenvalue weighted by Crippen LogP contribution is 2.50. The van der Waals surface area contributed by atoms with E-state index in [1.165, 1.54) is 36.9 Å². The Labute approximate surface area is 163 Å². The Kier molecular flexibility index (Phi) is 5.53. The molecule has 1 N–H and O–H groups in total. The number of likely N-dealkylation sites (tertiary alicyclic amines) is 2. The van der Waals surface area contributed by atoms with E-state index in [9.17, 15) is 4.79 Å². The molecule has 1 aromatic carbocycles. The van der Waals surface area contributed by atoms with E-state index in [0.717, 1.165) is 51.9 Å². The Morgan fingerprint density at radius 3 is 2.67 bits per heavy atom. The summed E-state index contributed by atoms with van der Waals surface area (Å²) in [5, 5.41) is 3.36. The zero-order valence-electron chi connectivity index (χ0n) is 16.5. The number of rotatable bonds is 5. The maximum atomic E-state index is 12.7. The molecule has 27 heavy (non-hydrogen) atoms. The lowest BCUT2D eigenvalue weighted by Gasteiger charge is -2.40. The molecule has 2 fully saturated rings. The summed E-state index contributed by atoms with van der Waals surface area (Å²) in [5.74, 6) is 0. The van der Waals surface area contributed by atoms with Crippen molar-refractivity contribution in [3.63, 3.8) is 0 Å². The average molecular weight is 368 g/mol. The number of unbranched alkanes of at least 4 members (excludes halogenated alkanes) is 1. The van der Waals surface area contributed by atoms with Crippen molar-refractivity contribution >= 4 is 6.03 Å². The van der Waals surface area contributed by atoms with Crippen molar-refractivity contribution in [3.05, 3.63) is 48.0 Å². The standard InChI is InChI=1S/C23H33N3O/c1-2-3-6-13-25-16-11-23(12-17-25)18-21(19-9-4-5-10-20(19)23)24-22(27)26-14-7-8-15-26/h2,4-5,9-10,21H,1,3,6-8,11-18H2,(H,24,27)/t21-/m0/s1. The molecule has 1 atom stereocenters. The summed E-state index contributed by atoms with van der Waals surface area (Å²) in [6.07, 6.45) is 10.1. The molecule has 2 aliphatic heterocycles. The first kappa shape index (κ1) is 18.5. The number of nitrogens with one attached hydrogen (secondary N) is 1. The molecule has 0 unspecified atom stereocenters. The van der Waals surface area contributed by atoms with Crippen molar-refractivity contribution in [1.29, 1.82) is 0 Å². The number of carbonyl (C=O) groups excluding carboxylic acids is 1. The molecule has 1 aliphatic carbocycles. The predicted molar refractivity (Wildman–Crippen MR) is 110 cm³/mol. The quantitative estimate of drug-likeness (QED) is 0.624. The van der Waals surface area contributed by atoms with Crippen molar-refractivity contribution in [2.75, 3.05) is 32.7 Å². The van der Waals surface area contributed by atoms with Crippen molar-refractivity contribution in [3.8, 4) is 0 Å². The van der Waals surface area contributed by atoms with Gasteiger partial charge in [-0.25, -0.2) is 4.79 Å². The second kappa shape index (κ2) is 8.05. The van der Waals surface area contributed by atoms with Crippen LogP contribution in [0.4, 0.5) is 4.79 Å². The first-order chi connectivity index (χ1) is 13.2. The third-order valence-corrected chi connectivity index (χ3v) is 6.89. The van der Waals surface area contributed by atoms with Crippen LogP contribution in [0, 0.1) is 0 Å². The van der Waals surface area contributed by atoms with Crippen LogP contribution in [0.25, 0.3) is 0 Å². The van der Waals surface area contributed by atoms with Crippen LogP contribution in [0.15, 0.2) is 36.9 Å². The maximum absolute atomic E-state index is 12.7. The fourth-order valence-electron chi connectivity index (χ4n) is 5.32. The monoisotopic (exact) mass is 367 g/mol. The number of allylic oxidation sites excluding steroid dienone is 1. The van der Waals surface area contributed by atoms with E-state index in [-0.39, 0.29) is 17.5 Å². The third kappa shape index (κ3) is 3.77. The maximum Gasteiger partial charge on any atom is 0.317 e. The van der Waals surface area contributed by atoms with Gasteiger partial charge in [0.1, 0.15) is 0 Å². The fraction of sp³-hybridized carbons (Fsp3) is 0.609. The van der Waals surface area contributed by atoms with E-state index < -0.39 is 0 Å². The van der Waals surface area contributed by atoms with Crippen LogP contribution in [0.3, 0.4) is 0 Å². The lowest BCUT2D eigenvalue weighted by Crippen LogP contribution is -2.43. The summed E-state index contributed by atoms with van der Waals surface area (Å²) >= 11 is 0. The summed E-state index contributed by atoms with van der Waals surface area (Å²) in [6.45, 7) is 9.16. The summed E-state index contributed by atoms with van der Waals surface area (Å²) < 4.78 is 0. The van der Waals surface area contributed by atoms with Gasteiger partial charge in [-0.3, -0.25) is 0 Å². The van der Waals surface area contributed by atoms with Gasteiger partial charge >= 0.3 is 6.03 Å². The van der Waals surface area contributed by atoms with Crippen LogP contribution in [0.1, 0.15) is 62.1 Å². The number of fused-ring (bicyclic) bond motifs is 2. The minimum absolute atomic E-state index is 0.131. The van der Waals surface area contributed by atoms with Gasteiger partial charge in [-0.2, -0.15) is 0 Å². The van der Waals surface area contributed by atoms with E-state index in [0.29, 0.717) is 0 Å². The van der Waals surface area contributed by atoms with Crippen LogP contribution in [-0.2, 0) is 5.41 Å². The van der Waals surface area contributed by atoms with E-state index >= 15 is 0 Å². The van der Waals surface area contributed by atoms with Gasteiger partial charge in [0.05, 0.1) is 6.04 Å². The van der Waals surface area contributed by atoms with E-state index in [1.54, 1.807) is 0 Å². The highest BCUT2D eigenvalue weighted by molar-refractivity contribution is 5.75. The Morgan fingerprint density at radius 2 is 1.93 bits per heavy atom. The van der Waals surface area contributed by atoms with E-state index in [4.69, 9.17) is 0 Å². The Bertz CT molecular complexity index is 672.